The van der Waals surface area contributed by atoms with Gasteiger partial charge in [-0.05, 0) is 18.2 Å². The summed E-state index contributed by atoms with van der Waals surface area (Å²) < 4.78 is 12.8. The van der Waals surface area contributed by atoms with Gasteiger partial charge in [-0.3, -0.25) is 0 Å². The maximum atomic E-state index is 10.8. The van der Waals surface area contributed by atoms with Gasteiger partial charge >= 0.3 is 0 Å². The first kappa shape index (κ1) is 17.0. The molecule has 0 saturated heterocycles. The number of aromatic nitrogens is 1. The van der Waals surface area contributed by atoms with Crippen molar-refractivity contribution in [2.24, 2.45) is 5.73 Å². The van der Waals surface area contributed by atoms with Crippen molar-refractivity contribution in [3.8, 4) is 11.5 Å². The van der Waals surface area contributed by atoms with E-state index in [1.54, 1.807) is 35.2 Å². The second-order valence-electron chi connectivity index (χ2n) is 5.78. The van der Waals surface area contributed by atoms with E-state index < -0.39 is 0 Å². The van der Waals surface area contributed by atoms with E-state index in [9.17, 15) is 5.11 Å². The zero-order chi connectivity index (χ0) is 18.0. The van der Waals surface area contributed by atoms with Gasteiger partial charge in [0.2, 0.25) is 0 Å². The molecule has 130 valence electrons. The minimum atomic E-state index is -0.0212. The normalized spacial score (nSPS) is 13.8. The Kier molecular flexibility index (Phi) is 4.76. The van der Waals surface area contributed by atoms with E-state index in [1.165, 1.54) is 0 Å². The van der Waals surface area contributed by atoms with Crippen LogP contribution in [0, 0.1) is 0 Å². The average molecular weight is 358 g/mol. The number of pyridine rings is 1. The maximum absolute atomic E-state index is 10.8. The highest BCUT2D eigenvalue weighted by atomic mass is 32.1. The van der Waals surface area contributed by atoms with Gasteiger partial charge in [-0.25, -0.2) is 0 Å². The summed E-state index contributed by atoms with van der Waals surface area (Å²) in [6, 6.07) is 9.05. The number of fused-ring (bicyclic) bond motifs is 1. The van der Waals surface area contributed by atoms with Crippen molar-refractivity contribution in [1.29, 1.82) is 0 Å². The molecule has 3 N–H and O–H groups in total. The van der Waals surface area contributed by atoms with Crippen molar-refractivity contribution < 1.29 is 19.1 Å². The molecule has 0 spiro atoms. The predicted molar refractivity (Wildman–Crippen MR) is 101 cm³/mol. The summed E-state index contributed by atoms with van der Waals surface area (Å²) in [5.74, 6) is 1.22. The van der Waals surface area contributed by atoms with Crippen LogP contribution < -0.4 is 24.7 Å². The number of rotatable bonds is 4. The van der Waals surface area contributed by atoms with Crippen LogP contribution in [0.2, 0.25) is 0 Å². The number of ether oxygens (including phenoxy) is 2. The van der Waals surface area contributed by atoms with Crippen LogP contribution in [-0.2, 0) is 0 Å². The monoisotopic (exact) mass is 358 g/mol. The van der Waals surface area contributed by atoms with Gasteiger partial charge in [0, 0.05) is 37.5 Å². The van der Waals surface area contributed by atoms with Gasteiger partial charge < -0.3 is 25.2 Å². The number of nitrogens with zero attached hydrogens (tertiary/aromatic N) is 2. The van der Waals surface area contributed by atoms with Crippen molar-refractivity contribution in [1.82, 2.24) is 0 Å². The molecule has 0 unspecified atom stereocenters. The molecule has 7 heteroatoms. The summed E-state index contributed by atoms with van der Waals surface area (Å²) in [7, 11) is 3.91. The van der Waals surface area contributed by atoms with E-state index in [1.807, 2.05) is 31.1 Å². The van der Waals surface area contributed by atoms with Crippen LogP contribution in [0.3, 0.4) is 0 Å². The lowest BCUT2D eigenvalue weighted by atomic mass is 10.1. The molecule has 0 fully saturated rings. The molecule has 6 nitrogen and oxygen atoms in total. The third-order valence-electron chi connectivity index (χ3n) is 3.86. The fourth-order valence-corrected chi connectivity index (χ4v) is 2.76. The molecule has 3 rings (SSSR count). The second-order valence-corrected chi connectivity index (χ2v) is 6.22. The highest BCUT2D eigenvalue weighted by Crippen LogP contribution is 2.33. The Labute approximate surface area is 151 Å². The molecule has 0 saturated carbocycles. The number of aliphatic hydroxyl groups excluding tert-OH is 1. The molecule has 1 aliphatic rings. The number of aliphatic hydroxyl groups is 1. The van der Waals surface area contributed by atoms with Crippen molar-refractivity contribution in [3.05, 3.63) is 48.3 Å². The van der Waals surface area contributed by atoms with E-state index in [4.69, 9.17) is 27.4 Å². The third-order valence-corrected chi connectivity index (χ3v) is 4.05. The first-order chi connectivity index (χ1) is 12.0. The minimum Gasteiger partial charge on any atom is -0.502 e. The van der Waals surface area contributed by atoms with E-state index in [-0.39, 0.29) is 10.7 Å². The number of thiocarbonyl (C=S) groups is 1. The summed E-state index contributed by atoms with van der Waals surface area (Å²) in [5, 5.41) is 10.8. The molecule has 1 aromatic carbocycles. The summed E-state index contributed by atoms with van der Waals surface area (Å²) >= 11 is 5.15. The van der Waals surface area contributed by atoms with E-state index in [0.29, 0.717) is 36.0 Å². The van der Waals surface area contributed by atoms with Crippen LogP contribution in [0.15, 0.2) is 42.7 Å². The number of benzene rings is 1. The Hall–Kier alpha value is -2.80. The molecule has 0 amide bonds. The fourth-order valence-electron chi connectivity index (χ4n) is 2.56. The molecule has 0 radical (unpaired) electrons. The highest BCUT2D eigenvalue weighted by Gasteiger charge is 2.23. The molecule has 1 aromatic heterocycles. The van der Waals surface area contributed by atoms with Gasteiger partial charge in [0.15, 0.2) is 34.6 Å². The number of anilines is 1. The van der Waals surface area contributed by atoms with Crippen LogP contribution in [0.5, 0.6) is 11.5 Å². The quantitative estimate of drug-likeness (QED) is 0.377. The molecule has 0 bridgehead atoms. The van der Waals surface area contributed by atoms with Crippen LogP contribution in [0.25, 0.3) is 11.5 Å². The molecule has 2 aromatic rings. The van der Waals surface area contributed by atoms with Crippen molar-refractivity contribution in [3.63, 3.8) is 0 Å². The Morgan fingerprint density at radius 3 is 2.36 bits per heavy atom. The van der Waals surface area contributed by atoms with Gasteiger partial charge in [0.05, 0.1) is 0 Å². The molecule has 0 aliphatic carbocycles. The molecule has 25 heavy (non-hydrogen) atoms. The topological polar surface area (TPSA) is 71.8 Å². The Morgan fingerprint density at radius 1 is 1.12 bits per heavy atom. The van der Waals surface area contributed by atoms with Crippen LogP contribution >= 0.6 is 12.2 Å². The third kappa shape index (κ3) is 3.51. The minimum absolute atomic E-state index is 0.0212. The van der Waals surface area contributed by atoms with E-state index >= 15 is 0 Å². The summed E-state index contributed by atoms with van der Waals surface area (Å²) in [6.45, 7) is 0.990. The second kappa shape index (κ2) is 6.98. The summed E-state index contributed by atoms with van der Waals surface area (Å²) in [5.41, 5.74) is 7.79. The van der Waals surface area contributed by atoms with Crippen LogP contribution in [0.4, 0.5) is 5.69 Å². The van der Waals surface area contributed by atoms with Crippen molar-refractivity contribution in [2.45, 2.75) is 0 Å². The highest BCUT2D eigenvalue weighted by molar-refractivity contribution is 7.81. The fraction of sp³-hybridized carbons (Fsp3) is 0.222. The molecule has 2 heterocycles. The van der Waals surface area contributed by atoms with Crippen molar-refractivity contribution >= 4 is 34.3 Å². The predicted octanol–water partition coefficient (Wildman–Crippen LogP) is 1.98. The molecular weight excluding hydrogens is 338 g/mol. The maximum Gasteiger partial charge on any atom is 0.287 e. The standard InChI is InChI=1S/C18H19N3O3S/c1-20(2)13-5-7-21(8-6-13)16(18(19)25)17(22)12-3-4-14-15(11-12)24-10-9-23-14/h3-8,11H,9-10H2,1-2H3,(H2-,19,22,25)/p+1. The number of nitrogens with two attached hydrogens (primary N) is 1. The van der Waals surface area contributed by atoms with E-state index in [2.05, 4.69) is 0 Å². The summed E-state index contributed by atoms with van der Waals surface area (Å²) in [6.07, 6.45) is 3.61. The van der Waals surface area contributed by atoms with E-state index in [0.717, 1.165) is 5.69 Å². The zero-order valence-corrected chi connectivity index (χ0v) is 14.9. The van der Waals surface area contributed by atoms with Gasteiger partial charge in [0.1, 0.15) is 13.2 Å². The first-order valence-corrected chi connectivity index (χ1v) is 8.20. The largest absolute Gasteiger partial charge is 0.502 e. The molecular formula is C18H20N3O3S+. The van der Waals surface area contributed by atoms with Gasteiger partial charge in [-0.15, -0.1) is 0 Å². The van der Waals surface area contributed by atoms with Gasteiger partial charge in [-0.2, -0.15) is 4.57 Å². The SMILES string of the molecule is CN(C)c1cc[n+](/C(C(N)=S)=C(\O)c2ccc3c(c2)OCCO3)cc1. The Bertz CT molecular complexity index is 832. The van der Waals surface area contributed by atoms with Crippen LogP contribution in [-0.4, -0.2) is 37.4 Å². The first-order valence-electron chi connectivity index (χ1n) is 7.79. The lowest BCUT2D eigenvalue weighted by Crippen LogP contribution is -2.39. The Balaban J connectivity index is 2.04. The average Bonchev–Trinajstić information content (AvgIpc) is 2.61. The lowest BCUT2D eigenvalue weighted by molar-refractivity contribution is -0.575. The van der Waals surface area contributed by atoms with Crippen LogP contribution in [0.1, 0.15) is 5.56 Å². The summed E-state index contributed by atoms with van der Waals surface area (Å²) in [4.78, 5) is 2.07. The van der Waals surface area contributed by atoms with Gasteiger partial charge in [-0.1, -0.05) is 12.2 Å². The lowest BCUT2D eigenvalue weighted by Gasteiger charge is -2.18. The number of hydrogen-bond acceptors (Lipinski definition) is 5. The molecule has 1 aliphatic heterocycles. The van der Waals surface area contributed by atoms with Crippen molar-refractivity contribution in [2.75, 3.05) is 32.2 Å². The Morgan fingerprint density at radius 2 is 1.76 bits per heavy atom. The number of hydrogen-bond donors (Lipinski definition) is 2. The molecule has 0 atom stereocenters. The zero-order valence-electron chi connectivity index (χ0n) is 14.1. The van der Waals surface area contributed by atoms with Gasteiger partial charge in [0.25, 0.3) is 5.70 Å². The smallest absolute Gasteiger partial charge is 0.287 e.